The molecule has 0 spiro atoms. The fraction of sp³-hybridized carbons (Fsp3) is 0.121. The van der Waals surface area contributed by atoms with E-state index < -0.39 is 0 Å². The SMILES string of the molecule is Brc1ccc2[nH]c3ccc(Br)cc3c2c1.C#Cc1cc(C#C)cc(C#C)c1.CC(C)(C)C#Cc1ccc2[nH]c3ccc(C#Cc4cc(C#Cc5ccc6[nH]c7ccc(C#Cc8cc(C#Cc9ccc%10[nH]c%11ccc(C#CC(C)(C)C)cc%11c%10c9)cc(C#Cc9ccc%10[nH]c%11ccc(C#CC(C)(C)C)cc%11c%10c9)c8)cc7c6c5)cc(C#Cc5ccc6[nH]c7ccc(C#CC(C)(C)C)cc7c6c5)c4)cc3c2c1. The van der Waals surface area contributed by atoms with Crippen LogP contribution in [-0.2, 0) is 0 Å². The van der Waals surface area contributed by atoms with Crippen LogP contribution in [0.4, 0.5) is 0 Å². The summed E-state index contributed by atoms with van der Waals surface area (Å²) >= 11 is 6.99. The van der Waals surface area contributed by atoms with E-state index in [1.165, 1.54) is 21.8 Å². The summed E-state index contributed by atoms with van der Waals surface area (Å²) in [6, 6.07) is 93.6. The van der Waals surface area contributed by atoms with Gasteiger partial charge in [0.2, 0.25) is 0 Å². The van der Waals surface area contributed by atoms with Crippen molar-refractivity contribution in [3.05, 3.63) is 388 Å². The van der Waals surface area contributed by atoms with Crippen molar-refractivity contribution in [1.82, 2.24) is 29.9 Å². The predicted molar refractivity (Wildman–Crippen MR) is 595 cm³/mol. The van der Waals surface area contributed by atoms with Gasteiger partial charge in [0.05, 0.1) is 0 Å². The van der Waals surface area contributed by atoms with Gasteiger partial charge in [0.25, 0.3) is 0 Å². The van der Waals surface area contributed by atoms with Gasteiger partial charge < -0.3 is 29.9 Å². The number of benzene rings is 15. The molecule has 6 N–H and O–H groups in total. The normalized spacial score (nSPS) is 11.1. The monoisotopic (exact) mass is 1920 g/mol. The highest BCUT2D eigenvalue weighted by Gasteiger charge is 2.17. The average Bonchev–Trinajstić information content (AvgIpc) is 1.65. The van der Waals surface area contributed by atoms with Crippen LogP contribution in [0.3, 0.4) is 0 Å². The van der Waals surface area contributed by atoms with Crippen LogP contribution in [0.25, 0.3) is 131 Å². The zero-order chi connectivity index (χ0) is 97.3. The highest BCUT2D eigenvalue weighted by atomic mass is 79.9. The van der Waals surface area contributed by atoms with Crippen molar-refractivity contribution >= 4 is 163 Å². The number of fused-ring (bicyclic) bond motifs is 18. The van der Waals surface area contributed by atoms with Crippen LogP contribution in [0.5, 0.6) is 0 Å². The molecule has 21 rings (SSSR count). The molecule has 0 aliphatic carbocycles. The number of rotatable bonds is 0. The summed E-state index contributed by atoms with van der Waals surface area (Å²) in [6.07, 6.45) is 15.6. The van der Waals surface area contributed by atoms with Crippen molar-refractivity contribution < 1.29 is 0 Å². The summed E-state index contributed by atoms with van der Waals surface area (Å²) in [7, 11) is 0. The highest BCUT2D eigenvalue weighted by Crippen LogP contribution is 2.36. The maximum Gasteiger partial charge on any atom is 0.0465 e. The molecule has 0 fully saturated rings. The fourth-order valence-corrected chi connectivity index (χ4v) is 17.3. The second-order valence-corrected chi connectivity index (χ2v) is 40.9. The minimum Gasteiger partial charge on any atom is -0.355 e. The lowest BCUT2D eigenvalue weighted by Crippen LogP contribution is -1.99. The first-order chi connectivity index (χ1) is 67.3. The van der Waals surface area contributed by atoms with Crippen LogP contribution in [-0.4, -0.2) is 29.9 Å². The van der Waals surface area contributed by atoms with Crippen LogP contribution < -0.4 is 0 Å². The van der Waals surface area contributed by atoms with Crippen molar-refractivity contribution in [3.63, 3.8) is 0 Å². The van der Waals surface area contributed by atoms with E-state index in [4.69, 9.17) is 19.3 Å². The molecule has 6 aromatic heterocycles. The van der Waals surface area contributed by atoms with E-state index >= 15 is 0 Å². The highest BCUT2D eigenvalue weighted by molar-refractivity contribution is 9.10. The van der Waals surface area contributed by atoms with Crippen LogP contribution in [0.1, 0.15) is 189 Å². The quantitative estimate of drug-likeness (QED) is 0.0817. The fourth-order valence-electron chi connectivity index (χ4n) is 16.6. The van der Waals surface area contributed by atoms with Gasteiger partial charge in [-0.15, -0.1) is 19.3 Å². The zero-order valence-electron chi connectivity index (χ0n) is 79.5. The summed E-state index contributed by atoms with van der Waals surface area (Å²) in [4.78, 5) is 21.4. The van der Waals surface area contributed by atoms with E-state index in [0.29, 0.717) is 0 Å². The van der Waals surface area contributed by atoms with E-state index in [2.05, 4.69) is 524 Å². The van der Waals surface area contributed by atoms with Crippen LogP contribution >= 0.6 is 31.9 Å². The molecule has 0 aliphatic rings. The third kappa shape index (κ3) is 21.5. The lowest BCUT2D eigenvalue weighted by atomic mass is 9.97. The first-order valence-corrected chi connectivity index (χ1v) is 47.6. The molecule has 0 aliphatic heterocycles. The number of aromatic nitrogens is 6. The summed E-state index contributed by atoms with van der Waals surface area (Å²) < 4.78 is 2.21. The number of nitrogens with one attached hydrogen (secondary N) is 6. The summed E-state index contributed by atoms with van der Waals surface area (Å²) in [5.74, 6) is 76.8. The molecule has 0 saturated carbocycles. The maximum absolute atomic E-state index is 5.21. The Bertz CT molecular complexity index is 8730. The Hall–Kier alpha value is -17.7. The van der Waals surface area contributed by atoms with E-state index in [1.54, 1.807) is 18.2 Å². The second-order valence-electron chi connectivity index (χ2n) is 39.1. The lowest BCUT2D eigenvalue weighted by molar-refractivity contribution is 0.570. The third-order valence-corrected chi connectivity index (χ3v) is 24.2. The Labute approximate surface area is 833 Å². The molecule has 15 aromatic carbocycles. The molecule has 0 unspecified atom stereocenters. The summed E-state index contributed by atoms with van der Waals surface area (Å²) in [6.45, 7) is 25.5. The molecule has 0 atom stereocenters. The van der Waals surface area contributed by atoms with E-state index in [-0.39, 0.29) is 21.7 Å². The van der Waals surface area contributed by atoms with Gasteiger partial charge in [-0.3, -0.25) is 0 Å². The van der Waals surface area contributed by atoms with Gasteiger partial charge in [-0.25, -0.2) is 0 Å². The molecule has 0 bridgehead atoms. The lowest BCUT2D eigenvalue weighted by Gasteiger charge is -2.06. The Morgan fingerprint density at radius 2 is 0.286 bits per heavy atom. The van der Waals surface area contributed by atoms with Gasteiger partial charge in [0.1, 0.15) is 0 Å². The van der Waals surface area contributed by atoms with Crippen LogP contribution in [0.15, 0.2) is 282 Å². The minimum atomic E-state index is -0.109. The van der Waals surface area contributed by atoms with Gasteiger partial charge in [-0.05, 0) is 356 Å². The molecular formula is C132H90Br2N6. The molecule has 6 heterocycles. The molecule has 21 aromatic rings. The number of halogens is 2. The Morgan fingerprint density at radius 3 is 0.436 bits per heavy atom. The summed E-state index contributed by atoms with van der Waals surface area (Å²) in [5.41, 5.74) is 28.5. The van der Waals surface area contributed by atoms with Crippen molar-refractivity contribution in [3.8, 4) is 155 Å². The van der Waals surface area contributed by atoms with Gasteiger partial charge >= 0.3 is 0 Å². The second kappa shape index (κ2) is 37.9. The molecule has 0 radical (unpaired) electrons. The number of terminal acetylenes is 3. The van der Waals surface area contributed by atoms with Crippen molar-refractivity contribution in [2.75, 3.05) is 0 Å². The minimum absolute atomic E-state index is 0.109. The van der Waals surface area contributed by atoms with E-state index in [0.717, 1.165) is 224 Å². The smallest absolute Gasteiger partial charge is 0.0465 e. The predicted octanol–water partition coefficient (Wildman–Crippen LogP) is 30.3. The first kappa shape index (κ1) is 91.5. The van der Waals surface area contributed by atoms with Gasteiger partial charge in [0.15, 0.2) is 0 Å². The van der Waals surface area contributed by atoms with E-state index in [1.807, 2.05) is 12.1 Å². The number of aromatic amines is 6. The molecule has 6 nitrogen and oxygen atoms in total. The van der Waals surface area contributed by atoms with Crippen molar-refractivity contribution in [2.24, 2.45) is 21.7 Å². The maximum atomic E-state index is 5.21. The number of hydrogen-bond donors (Lipinski definition) is 6. The van der Waals surface area contributed by atoms with Crippen molar-refractivity contribution in [1.29, 1.82) is 0 Å². The average molecular weight is 1920 g/mol. The third-order valence-electron chi connectivity index (χ3n) is 23.2. The van der Waals surface area contributed by atoms with E-state index in [9.17, 15) is 0 Å². The number of H-pyrrole nitrogens is 6. The Morgan fingerprint density at radius 1 is 0.157 bits per heavy atom. The van der Waals surface area contributed by atoms with Crippen LogP contribution in [0, 0.1) is 177 Å². The molecule has 140 heavy (non-hydrogen) atoms. The van der Waals surface area contributed by atoms with Crippen molar-refractivity contribution in [2.45, 2.75) is 83.1 Å². The molecule has 8 heteroatoms. The largest absolute Gasteiger partial charge is 0.355 e. The number of hydrogen-bond acceptors (Lipinski definition) is 0. The molecular weight excluding hydrogens is 1830 g/mol. The standard InChI is InChI=1S/C108H77N5.C12H7Br2N.C12H6/c1-105(2,3)49-45-75-31-41-101-91(65-75)87-61-71(27-37-97(87)110-101)15-21-81-53-79(54-82(57-81)22-16-72-28-38-98-88(62-72)92-66-76(32-42-102(92)111-98)46-50-106(4,5)6)19-13-69-25-35-95-85(59-69)86-60-70(26-36-96(86)109-95)14-20-80-55-83(23-17-73-29-39-99-89(63-73)93-67-77(33-43-103(93)112-99)47-51-107(7,8)9)58-84(56-80)24-18-74-30-40-100-90(64-74)94-68-78(34-44-104(94)113-100)48-52-108(10,11)12;13-7-1-3-11-9(5-7)10-6-8(14)2-4-12(10)15-11;1-4-10-7-11(5-2)9-12(6-3)8-10/h25-44,53-68,109-113H,1-12H3;1-6,15H;1-3,7-9H. The molecule has 0 saturated heterocycles. The molecule has 662 valence electrons. The summed E-state index contributed by atoms with van der Waals surface area (Å²) in [5, 5.41) is 13.4. The Balaban J connectivity index is 0.000000396. The Kier molecular flexibility index (Phi) is 24.8. The molecule has 0 amide bonds. The van der Waals surface area contributed by atoms with Gasteiger partial charge in [-0.1, -0.05) is 168 Å². The zero-order valence-corrected chi connectivity index (χ0v) is 82.6. The van der Waals surface area contributed by atoms with Gasteiger partial charge in [0, 0.05) is 267 Å². The van der Waals surface area contributed by atoms with Crippen LogP contribution in [0.2, 0.25) is 0 Å². The first-order valence-electron chi connectivity index (χ1n) is 46.0. The topological polar surface area (TPSA) is 94.7 Å². The van der Waals surface area contributed by atoms with Gasteiger partial charge in [-0.2, -0.15) is 0 Å².